The van der Waals surface area contributed by atoms with Gasteiger partial charge in [0.25, 0.3) is 0 Å². The van der Waals surface area contributed by atoms with Crippen LogP contribution in [0.5, 0.6) is 0 Å². The van der Waals surface area contributed by atoms with Crippen LogP contribution >= 0.6 is 0 Å². The normalized spacial score (nSPS) is 17.3. The van der Waals surface area contributed by atoms with Crippen LogP contribution < -0.4 is 5.32 Å². The summed E-state index contributed by atoms with van der Waals surface area (Å²) < 4.78 is 45.8. The Hall–Kier alpha value is -3.11. The molecule has 1 fully saturated rings. The summed E-state index contributed by atoms with van der Waals surface area (Å²) in [6.45, 7) is 4.23. The molecule has 8 nitrogen and oxygen atoms in total. The smallest absolute Gasteiger partial charge is 0.322 e. The molecule has 2 aromatic carbocycles. The summed E-state index contributed by atoms with van der Waals surface area (Å²) in [6.07, 6.45) is 1.05. The van der Waals surface area contributed by atoms with Crippen LogP contribution in [0.25, 0.3) is 11.5 Å². The third kappa shape index (κ3) is 4.56. The van der Waals surface area contributed by atoms with E-state index in [0.717, 1.165) is 28.8 Å². The summed E-state index contributed by atoms with van der Waals surface area (Å²) in [6, 6.07) is 10.4. The molecular formula is C22H23FN4O4S. The van der Waals surface area contributed by atoms with Crippen molar-refractivity contribution in [2.45, 2.75) is 31.6 Å². The molecule has 1 saturated heterocycles. The molecular weight excluding hydrogens is 435 g/mol. The highest BCUT2D eigenvalue weighted by atomic mass is 32.2. The lowest BCUT2D eigenvalue weighted by Gasteiger charge is -2.30. The zero-order valence-corrected chi connectivity index (χ0v) is 18.5. The first kappa shape index (κ1) is 22.1. The van der Waals surface area contributed by atoms with Gasteiger partial charge in [-0.05, 0) is 62.6 Å². The Morgan fingerprint density at radius 1 is 1.16 bits per heavy atom. The van der Waals surface area contributed by atoms with Crippen molar-refractivity contribution in [2.75, 3.05) is 18.4 Å². The average molecular weight is 459 g/mol. The number of amides is 1. The van der Waals surface area contributed by atoms with Gasteiger partial charge in [0, 0.05) is 18.7 Å². The van der Waals surface area contributed by atoms with Crippen molar-refractivity contribution < 1.29 is 22.0 Å². The fourth-order valence-corrected chi connectivity index (χ4v) is 5.30. The number of aryl methyl sites for hydroxylation is 2. The first-order chi connectivity index (χ1) is 15.2. The number of carbonyl (C=O) groups excluding carboxylic acids is 1. The Kier molecular flexibility index (Phi) is 6.07. The summed E-state index contributed by atoms with van der Waals surface area (Å²) in [5, 5.41) is 10.5. The van der Waals surface area contributed by atoms with Gasteiger partial charge < -0.3 is 4.42 Å². The predicted molar refractivity (Wildman–Crippen MR) is 116 cm³/mol. The molecule has 1 atom stereocenters. The lowest BCUT2D eigenvalue weighted by molar-refractivity contribution is -0.121. The minimum absolute atomic E-state index is 0.00466. The van der Waals surface area contributed by atoms with E-state index < -0.39 is 21.8 Å². The van der Waals surface area contributed by atoms with Crippen LogP contribution in [-0.2, 0) is 14.8 Å². The molecule has 168 valence electrons. The molecule has 0 bridgehead atoms. The Labute approximate surface area is 185 Å². The summed E-state index contributed by atoms with van der Waals surface area (Å²) in [7, 11) is -3.82. The number of aromatic nitrogens is 2. The second-order valence-corrected chi connectivity index (χ2v) is 9.81. The Bertz CT molecular complexity index is 1240. The van der Waals surface area contributed by atoms with Crippen LogP contribution in [0.15, 0.2) is 51.8 Å². The van der Waals surface area contributed by atoms with Crippen molar-refractivity contribution in [3.05, 3.63) is 59.4 Å². The lowest BCUT2D eigenvalue weighted by Crippen LogP contribution is -2.43. The molecule has 0 saturated carbocycles. The van der Waals surface area contributed by atoms with Crippen molar-refractivity contribution in [3.8, 4) is 11.5 Å². The van der Waals surface area contributed by atoms with Crippen LogP contribution in [0.1, 0.15) is 24.0 Å². The second-order valence-electron chi connectivity index (χ2n) is 7.88. The standard InChI is InChI=1S/C22H23FN4O4S/c1-14-5-10-19(15(2)12-14)21-25-26-22(31-21)24-20(28)16-4-3-11-27(13-16)32(29,30)18-8-6-17(23)7-9-18/h5-10,12,16H,3-4,11,13H2,1-2H3,(H,24,26,28). The average Bonchev–Trinajstić information content (AvgIpc) is 3.22. The van der Waals surface area contributed by atoms with Crippen LogP contribution in [-0.4, -0.2) is 41.9 Å². The molecule has 0 spiro atoms. The summed E-state index contributed by atoms with van der Waals surface area (Å²) >= 11 is 0. The van der Waals surface area contributed by atoms with Crippen LogP contribution in [0.2, 0.25) is 0 Å². The minimum atomic E-state index is -3.82. The number of hydrogen-bond donors (Lipinski definition) is 1. The Balaban J connectivity index is 1.45. The summed E-state index contributed by atoms with van der Waals surface area (Å²) in [5.74, 6) is -1.18. The molecule has 1 aromatic heterocycles. The van der Waals surface area contributed by atoms with E-state index >= 15 is 0 Å². The predicted octanol–water partition coefficient (Wildman–Crippen LogP) is 3.53. The van der Waals surface area contributed by atoms with E-state index in [0.29, 0.717) is 25.3 Å². The number of piperidine rings is 1. The molecule has 32 heavy (non-hydrogen) atoms. The van der Waals surface area contributed by atoms with Gasteiger partial charge in [-0.25, -0.2) is 12.8 Å². The number of nitrogens with zero attached hydrogens (tertiary/aromatic N) is 3. The first-order valence-electron chi connectivity index (χ1n) is 10.2. The van der Waals surface area contributed by atoms with Gasteiger partial charge in [0.2, 0.25) is 21.8 Å². The van der Waals surface area contributed by atoms with Crippen molar-refractivity contribution in [1.29, 1.82) is 0 Å². The number of carbonyl (C=O) groups is 1. The van der Waals surface area contributed by atoms with Gasteiger partial charge in [0.05, 0.1) is 10.8 Å². The first-order valence-corrected chi connectivity index (χ1v) is 11.7. The van der Waals surface area contributed by atoms with Gasteiger partial charge >= 0.3 is 6.01 Å². The molecule has 0 radical (unpaired) electrons. The van der Waals surface area contributed by atoms with Crippen molar-refractivity contribution >= 4 is 21.9 Å². The highest BCUT2D eigenvalue weighted by Gasteiger charge is 2.34. The second kappa shape index (κ2) is 8.79. The molecule has 1 aliphatic rings. The number of sulfonamides is 1. The van der Waals surface area contributed by atoms with E-state index in [9.17, 15) is 17.6 Å². The van der Waals surface area contributed by atoms with Gasteiger partial charge in [-0.1, -0.05) is 22.8 Å². The number of halogens is 1. The number of nitrogens with one attached hydrogen (secondary N) is 1. The topological polar surface area (TPSA) is 105 Å². The third-order valence-corrected chi connectivity index (χ3v) is 7.35. The SMILES string of the molecule is Cc1ccc(-c2nnc(NC(=O)C3CCCN(S(=O)(=O)c4ccc(F)cc4)C3)o2)c(C)c1. The monoisotopic (exact) mass is 458 g/mol. The molecule has 1 aliphatic heterocycles. The zero-order chi connectivity index (χ0) is 22.9. The largest absolute Gasteiger partial charge is 0.403 e. The molecule has 0 aliphatic carbocycles. The Morgan fingerprint density at radius 3 is 2.62 bits per heavy atom. The maximum Gasteiger partial charge on any atom is 0.322 e. The molecule has 1 unspecified atom stereocenters. The molecule has 4 rings (SSSR count). The summed E-state index contributed by atoms with van der Waals surface area (Å²) in [5.41, 5.74) is 2.86. The van der Waals surface area contributed by atoms with Crippen LogP contribution in [0.3, 0.4) is 0 Å². The van der Waals surface area contributed by atoms with Gasteiger partial charge in [-0.15, -0.1) is 5.10 Å². The fraction of sp³-hybridized carbons (Fsp3) is 0.318. The zero-order valence-electron chi connectivity index (χ0n) is 17.7. The van der Waals surface area contributed by atoms with E-state index in [4.69, 9.17) is 4.42 Å². The molecule has 1 N–H and O–H groups in total. The summed E-state index contributed by atoms with van der Waals surface area (Å²) in [4.78, 5) is 12.8. The maximum atomic E-state index is 13.2. The minimum Gasteiger partial charge on any atom is -0.403 e. The highest BCUT2D eigenvalue weighted by Crippen LogP contribution is 2.27. The number of rotatable bonds is 5. The van der Waals surface area contributed by atoms with Gasteiger partial charge in [0.1, 0.15) is 5.82 Å². The molecule has 10 heteroatoms. The third-order valence-electron chi connectivity index (χ3n) is 5.47. The van der Waals surface area contributed by atoms with E-state index in [1.165, 1.54) is 16.4 Å². The van der Waals surface area contributed by atoms with Gasteiger partial charge in [-0.2, -0.15) is 4.31 Å². The molecule has 3 aromatic rings. The number of anilines is 1. The quantitative estimate of drug-likeness (QED) is 0.627. The van der Waals surface area contributed by atoms with Crippen LogP contribution in [0, 0.1) is 25.6 Å². The van der Waals surface area contributed by atoms with Gasteiger partial charge in [0.15, 0.2) is 0 Å². The van der Waals surface area contributed by atoms with E-state index in [1.54, 1.807) is 0 Å². The van der Waals surface area contributed by atoms with Gasteiger partial charge in [-0.3, -0.25) is 10.1 Å². The van der Waals surface area contributed by atoms with E-state index in [-0.39, 0.29) is 23.4 Å². The van der Waals surface area contributed by atoms with Crippen molar-refractivity contribution in [2.24, 2.45) is 5.92 Å². The maximum absolute atomic E-state index is 13.2. The molecule has 2 heterocycles. The van der Waals surface area contributed by atoms with Crippen molar-refractivity contribution in [3.63, 3.8) is 0 Å². The van der Waals surface area contributed by atoms with E-state index in [1.807, 2.05) is 32.0 Å². The highest BCUT2D eigenvalue weighted by molar-refractivity contribution is 7.89. The Morgan fingerprint density at radius 2 is 1.91 bits per heavy atom. The number of benzene rings is 2. The number of hydrogen-bond acceptors (Lipinski definition) is 6. The van der Waals surface area contributed by atoms with Crippen molar-refractivity contribution in [1.82, 2.24) is 14.5 Å². The van der Waals surface area contributed by atoms with E-state index in [2.05, 4.69) is 15.5 Å². The lowest BCUT2D eigenvalue weighted by atomic mass is 9.99. The van der Waals surface area contributed by atoms with Crippen LogP contribution in [0.4, 0.5) is 10.4 Å². The fourth-order valence-electron chi connectivity index (χ4n) is 3.77. The molecule has 1 amide bonds.